The molecule has 4 rings (SSSR count). The van der Waals surface area contributed by atoms with Gasteiger partial charge in [-0.15, -0.1) is 10.2 Å². The molecule has 0 radical (unpaired) electrons. The van der Waals surface area contributed by atoms with Gasteiger partial charge in [-0.3, -0.25) is 0 Å². The highest BCUT2D eigenvalue weighted by Crippen LogP contribution is 2.32. The number of rotatable bonds is 10. The molecular weight excluding hydrogens is 400 g/mol. The number of nitrogens with one attached hydrogen (secondary N) is 1. The number of aromatic nitrogens is 4. The van der Waals surface area contributed by atoms with E-state index in [1.807, 2.05) is 13.8 Å². The molecule has 7 nitrogen and oxygen atoms in total. The lowest BCUT2D eigenvalue weighted by Gasteiger charge is -2.39. The van der Waals surface area contributed by atoms with Crippen LogP contribution in [-0.4, -0.2) is 31.4 Å². The van der Waals surface area contributed by atoms with Crippen molar-refractivity contribution in [2.24, 2.45) is 0 Å². The zero-order valence-electron chi connectivity index (χ0n) is 19.8. The van der Waals surface area contributed by atoms with E-state index in [0.29, 0.717) is 29.3 Å². The average Bonchev–Trinajstić information content (AvgIpc) is 3.10. The fraction of sp³-hybridized carbons (Fsp3) is 0.560. The van der Waals surface area contributed by atoms with Crippen LogP contribution in [-0.2, 0) is 19.5 Å². The number of imidazole rings is 1. The summed E-state index contributed by atoms with van der Waals surface area (Å²) in [6, 6.07) is 8.79. The fourth-order valence-electron chi connectivity index (χ4n) is 4.31. The van der Waals surface area contributed by atoms with Crippen molar-refractivity contribution in [2.75, 3.05) is 5.73 Å². The summed E-state index contributed by atoms with van der Waals surface area (Å²) in [5.41, 5.74) is 10.5. The SMILES string of the molecule is CCCCc1nc2c(N)nnc(OC(C)C)c2n1Cc1cccc(CNC2(C)CCC2)c1. The van der Waals surface area contributed by atoms with Crippen LogP contribution >= 0.6 is 0 Å². The first-order chi connectivity index (χ1) is 15.4. The molecule has 0 amide bonds. The zero-order chi connectivity index (χ0) is 22.7. The largest absolute Gasteiger partial charge is 0.472 e. The number of nitrogens with two attached hydrogens (primary N) is 1. The van der Waals surface area contributed by atoms with Crippen molar-refractivity contribution in [1.82, 2.24) is 25.1 Å². The van der Waals surface area contributed by atoms with Crippen LogP contribution in [0.3, 0.4) is 0 Å². The van der Waals surface area contributed by atoms with Crippen LogP contribution in [0.4, 0.5) is 5.82 Å². The summed E-state index contributed by atoms with van der Waals surface area (Å²) in [4.78, 5) is 4.87. The van der Waals surface area contributed by atoms with Gasteiger partial charge in [-0.05, 0) is 57.6 Å². The Hall–Kier alpha value is -2.67. The molecule has 32 heavy (non-hydrogen) atoms. The van der Waals surface area contributed by atoms with Gasteiger partial charge in [-0.2, -0.15) is 0 Å². The van der Waals surface area contributed by atoms with Gasteiger partial charge in [0.15, 0.2) is 5.82 Å². The van der Waals surface area contributed by atoms with Gasteiger partial charge in [-0.25, -0.2) is 4.98 Å². The normalized spacial score (nSPS) is 15.3. The van der Waals surface area contributed by atoms with Gasteiger partial charge >= 0.3 is 0 Å². The maximum atomic E-state index is 6.17. The minimum atomic E-state index is -0.0131. The Morgan fingerprint density at radius 1 is 1.22 bits per heavy atom. The van der Waals surface area contributed by atoms with Crippen LogP contribution < -0.4 is 15.8 Å². The molecule has 1 fully saturated rings. The van der Waals surface area contributed by atoms with Crippen molar-refractivity contribution in [2.45, 2.75) is 91.0 Å². The molecule has 1 aliphatic rings. The minimum absolute atomic E-state index is 0.0131. The molecule has 0 bridgehead atoms. The lowest BCUT2D eigenvalue weighted by Crippen LogP contribution is -2.47. The number of nitrogens with zero attached hydrogens (tertiary/aromatic N) is 4. The summed E-state index contributed by atoms with van der Waals surface area (Å²) in [5.74, 6) is 1.84. The van der Waals surface area contributed by atoms with Crippen LogP contribution in [0.1, 0.15) is 76.8 Å². The Morgan fingerprint density at radius 2 is 2.00 bits per heavy atom. The van der Waals surface area contributed by atoms with Crippen molar-refractivity contribution >= 4 is 16.9 Å². The number of nitrogen functional groups attached to an aromatic ring is 1. The van der Waals surface area contributed by atoms with E-state index in [0.717, 1.165) is 37.1 Å². The van der Waals surface area contributed by atoms with Gasteiger partial charge in [0.1, 0.15) is 16.9 Å². The molecule has 0 aliphatic heterocycles. The van der Waals surface area contributed by atoms with E-state index >= 15 is 0 Å². The first kappa shape index (κ1) is 22.5. The van der Waals surface area contributed by atoms with Gasteiger partial charge in [0.05, 0.1) is 6.10 Å². The topological polar surface area (TPSA) is 90.9 Å². The molecule has 1 aliphatic carbocycles. The van der Waals surface area contributed by atoms with Crippen LogP contribution in [0.25, 0.3) is 11.0 Å². The standard InChI is InChI=1S/C25H36N6O/c1-5-6-11-20-28-21-22(24(32-17(2)3)30-29-23(21)26)31(20)16-19-10-7-9-18(14-19)15-27-25(4)12-8-13-25/h7,9-10,14,17,27H,5-6,8,11-13,15-16H2,1-4H3,(H2,26,29). The highest BCUT2D eigenvalue weighted by Gasteiger charge is 2.30. The number of ether oxygens (including phenoxy) is 1. The quantitative estimate of drug-likeness (QED) is 0.482. The lowest BCUT2D eigenvalue weighted by atomic mass is 9.78. The molecule has 0 atom stereocenters. The molecular formula is C25H36N6O. The highest BCUT2D eigenvalue weighted by molar-refractivity contribution is 5.88. The second-order valence-corrected chi connectivity index (χ2v) is 9.56. The van der Waals surface area contributed by atoms with E-state index in [9.17, 15) is 0 Å². The molecule has 3 N–H and O–H groups in total. The number of anilines is 1. The summed E-state index contributed by atoms with van der Waals surface area (Å²) in [5, 5.41) is 12.1. The maximum Gasteiger partial charge on any atom is 0.260 e. The van der Waals surface area contributed by atoms with Crippen LogP contribution in [0.5, 0.6) is 5.88 Å². The van der Waals surface area contributed by atoms with Crippen molar-refractivity contribution in [3.05, 3.63) is 41.2 Å². The number of unbranched alkanes of at least 4 members (excludes halogenated alkanes) is 1. The Labute approximate surface area is 190 Å². The smallest absolute Gasteiger partial charge is 0.260 e. The van der Waals surface area contributed by atoms with Crippen molar-refractivity contribution in [3.63, 3.8) is 0 Å². The van der Waals surface area contributed by atoms with E-state index in [-0.39, 0.29) is 6.10 Å². The van der Waals surface area contributed by atoms with E-state index in [4.69, 9.17) is 15.5 Å². The van der Waals surface area contributed by atoms with Gasteiger partial charge in [-0.1, -0.05) is 37.6 Å². The zero-order valence-corrected chi connectivity index (χ0v) is 19.8. The van der Waals surface area contributed by atoms with E-state index in [2.05, 4.69) is 58.2 Å². The van der Waals surface area contributed by atoms with Gasteiger partial charge in [0.2, 0.25) is 0 Å². The molecule has 1 aromatic carbocycles. The molecule has 0 saturated heterocycles. The third kappa shape index (κ3) is 4.88. The Kier molecular flexibility index (Phi) is 6.65. The first-order valence-electron chi connectivity index (χ1n) is 11.9. The summed E-state index contributed by atoms with van der Waals surface area (Å²) >= 11 is 0. The van der Waals surface area contributed by atoms with Crippen LogP contribution in [0, 0.1) is 0 Å². The molecule has 0 spiro atoms. The second kappa shape index (κ2) is 9.45. The van der Waals surface area contributed by atoms with E-state index in [1.165, 1.54) is 30.4 Å². The number of aryl methyl sites for hydroxylation is 1. The van der Waals surface area contributed by atoms with Crippen LogP contribution in [0.2, 0.25) is 0 Å². The summed E-state index contributed by atoms with van der Waals surface area (Å²) < 4.78 is 8.21. The van der Waals surface area contributed by atoms with Gasteiger partial charge in [0, 0.05) is 25.0 Å². The highest BCUT2D eigenvalue weighted by atomic mass is 16.5. The molecule has 0 unspecified atom stereocenters. The molecule has 1 saturated carbocycles. The Bertz CT molecular complexity index is 1070. The van der Waals surface area contributed by atoms with E-state index < -0.39 is 0 Å². The molecule has 172 valence electrons. The molecule has 7 heteroatoms. The number of benzene rings is 1. The third-order valence-corrected chi connectivity index (χ3v) is 6.35. The number of fused-ring (bicyclic) bond motifs is 1. The molecule has 3 aromatic rings. The van der Waals surface area contributed by atoms with E-state index in [1.54, 1.807) is 0 Å². The van der Waals surface area contributed by atoms with Crippen molar-refractivity contribution < 1.29 is 4.74 Å². The van der Waals surface area contributed by atoms with Crippen molar-refractivity contribution in [3.8, 4) is 5.88 Å². The second-order valence-electron chi connectivity index (χ2n) is 9.56. The first-order valence-corrected chi connectivity index (χ1v) is 11.9. The summed E-state index contributed by atoms with van der Waals surface area (Å²) in [6.07, 6.45) is 6.87. The molecule has 2 heterocycles. The number of hydrogen-bond donors (Lipinski definition) is 2. The summed E-state index contributed by atoms with van der Waals surface area (Å²) in [7, 11) is 0. The molecule has 2 aromatic heterocycles. The Balaban J connectivity index is 1.67. The minimum Gasteiger partial charge on any atom is -0.472 e. The Morgan fingerprint density at radius 3 is 2.69 bits per heavy atom. The predicted octanol–water partition coefficient (Wildman–Crippen LogP) is 4.62. The summed E-state index contributed by atoms with van der Waals surface area (Å²) in [6.45, 7) is 10.1. The third-order valence-electron chi connectivity index (χ3n) is 6.35. The monoisotopic (exact) mass is 436 g/mol. The predicted molar refractivity (Wildman–Crippen MR) is 129 cm³/mol. The van der Waals surface area contributed by atoms with Gasteiger partial charge < -0.3 is 20.4 Å². The maximum absolute atomic E-state index is 6.17. The van der Waals surface area contributed by atoms with Gasteiger partial charge in [0.25, 0.3) is 5.88 Å². The number of hydrogen-bond acceptors (Lipinski definition) is 6. The average molecular weight is 437 g/mol. The lowest BCUT2D eigenvalue weighted by molar-refractivity contribution is 0.207. The van der Waals surface area contributed by atoms with Crippen LogP contribution in [0.15, 0.2) is 24.3 Å². The fourth-order valence-corrected chi connectivity index (χ4v) is 4.31. The van der Waals surface area contributed by atoms with Crippen molar-refractivity contribution in [1.29, 1.82) is 0 Å².